The smallest absolute Gasteiger partial charge is 0.303 e. The molecule has 2 heterocycles. The van der Waals surface area contributed by atoms with E-state index in [1.807, 2.05) is 12.1 Å². The van der Waals surface area contributed by atoms with Gasteiger partial charge in [0.05, 0.1) is 11.4 Å². The normalized spacial score (nSPS) is 10.6. The molecule has 0 spiro atoms. The monoisotopic (exact) mass is 235 g/mol. The molecule has 17 heavy (non-hydrogen) atoms. The van der Waals surface area contributed by atoms with Crippen molar-refractivity contribution in [1.82, 2.24) is 14.8 Å². The van der Waals surface area contributed by atoms with E-state index in [1.165, 1.54) is 4.68 Å². The highest BCUT2D eigenvalue weighted by Crippen LogP contribution is 2.18. The predicted molar refractivity (Wildman–Crippen MR) is 61.8 cm³/mol. The third-order valence-corrected chi connectivity index (χ3v) is 2.60. The summed E-state index contributed by atoms with van der Waals surface area (Å²) in [5.41, 5.74) is 1.75. The summed E-state index contributed by atoms with van der Waals surface area (Å²) in [6.45, 7) is 0. The van der Waals surface area contributed by atoms with Gasteiger partial charge in [-0.05, 0) is 18.6 Å². The van der Waals surface area contributed by atoms with Crippen LogP contribution in [-0.2, 0) is 18.3 Å². The third-order valence-electron chi connectivity index (χ3n) is 2.60. The summed E-state index contributed by atoms with van der Waals surface area (Å²) in [6.07, 6.45) is 1.92. The second kappa shape index (κ2) is 4.32. The van der Waals surface area contributed by atoms with Crippen molar-refractivity contribution in [1.29, 1.82) is 0 Å². The van der Waals surface area contributed by atoms with Crippen LogP contribution in [0.25, 0.3) is 11.4 Å². The fraction of sp³-hybridized carbons (Fsp3) is 0.273. The second-order valence-electron chi connectivity index (χ2n) is 3.81. The van der Waals surface area contributed by atoms with Crippen LogP contribution in [0.5, 0.6) is 0 Å². The zero-order valence-corrected chi connectivity index (χ0v) is 9.36. The molecule has 0 saturated carbocycles. The van der Waals surface area contributed by atoms with Gasteiger partial charge in [0, 0.05) is 25.2 Å². The fourth-order valence-corrected chi connectivity index (χ4v) is 1.77. The lowest BCUT2D eigenvalue weighted by atomic mass is 10.1. The number of hydrogen-bond acceptors (Lipinski definition) is 2. The number of rotatable bonds is 4. The van der Waals surface area contributed by atoms with Crippen LogP contribution < -0.4 is 5.56 Å². The number of H-pyrrole nitrogens is 2. The van der Waals surface area contributed by atoms with Gasteiger partial charge in [-0.25, -0.2) is 0 Å². The second-order valence-corrected chi connectivity index (χ2v) is 3.81. The molecule has 0 saturated heterocycles. The molecule has 0 aliphatic heterocycles. The molecule has 2 rings (SSSR count). The Kier molecular flexibility index (Phi) is 2.86. The molecule has 0 radical (unpaired) electrons. The van der Waals surface area contributed by atoms with E-state index in [0.29, 0.717) is 11.3 Å². The molecular weight excluding hydrogens is 222 g/mol. The summed E-state index contributed by atoms with van der Waals surface area (Å²) in [6, 6.07) is 3.65. The van der Waals surface area contributed by atoms with Crippen molar-refractivity contribution >= 4 is 5.97 Å². The minimum Gasteiger partial charge on any atom is -0.481 e. The number of aromatic nitrogens is 3. The number of aryl methyl sites for hydroxylation is 1. The van der Waals surface area contributed by atoms with Gasteiger partial charge >= 0.3 is 5.97 Å². The molecule has 0 amide bonds. The van der Waals surface area contributed by atoms with Crippen molar-refractivity contribution in [3.05, 3.63) is 34.2 Å². The Labute approximate surface area is 96.9 Å². The van der Waals surface area contributed by atoms with Crippen molar-refractivity contribution < 1.29 is 9.90 Å². The highest BCUT2D eigenvalue weighted by atomic mass is 16.4. The van der Waals surface area contributed by atoms with Crippen molar-refractivity contribution in [3.63, 3.8) is 0 Å². The highest BCUT2D eigenvalue weighted by Gasteiger charge is 2.15. The van der Waals surface area contributed by atoms with E-state index >= 15 is 0 Å². The Balaban J connectivity index is 2.42. The van der Waals surface area contributed by atoms with Crippen LogP contribution in [0.2, 0.25) is 0 Å². The number of carboxylic acids is 1. The molecule has 0 unspecified atom stereocenters. The zero-order valence-electron chi connectivity index (χ0n) is 9.36. The van der Waals surface area contributed by atoms with Crippen LogP contribution in [0.4, 0.5) is 0 Å². The SMILES string of the molecule is Cn1[nH]c(-c2ccc[nH]2)c(CCC(=O)O)c1=O. The number of aromatic amines is 2. The lowest BCUT2D eigenvalue weighted by molar-refractivity contribution is -0.136. The van der Waals surface area contributed by atoms with Gasteiger partial charge in [0.15, 0.2) is 0 Å². The maximum Gasteiger partial charge on any atom is 0.303 e. The molecule has 90 valence electrons. The van der Waals surface area contributed by atoms with Crippen LogP contribution in [0.1, 0.15) is 12.0 Å². The number of carboxylic acid groups (broad SMARTS) is 1. The van der Waals surface area contributed by atoms with Crippen LogP contribution in [-0.4, -0.2) is 25.8 Å². The molecule has 0 aliphatic rings. The standard InChI is InChI=1S/C11H13N3O3/c1-14-11(17)7(4-5-9(15)16)10(13-14)8-3-2-6-12-8/h2-3,6,12-13H,4-5H2,1H3,(H,15,16). The quantitative estimate of drug-likeness (QED) is 0.729. The van der Waals surface area contributed by atoms with Crippen LogP contribution in [0, 0.1) is 0 Å². The highest BCUT2D eigenvalue weighted by molar-refractivity contribution is 5.68. The average molecular weight is 235 g/mol. The Morgan fingerprint density at radius 3 is 2.88 bits per heavy atom. The summed E-state index contributed by atoms with van der Waals surface area (Å²) in [7, 11) is 1.61. The van der Waals surface area contributed by atoms with Crippen molar-refractivity contribution in [3.8, 4) is 11.4 Å². The lowest BCUT2D eigenvalue weighted by Gasteiger charge is -1.98. The van der Waals surface area contributed by atoms with Gasteiger partial charge in [-0.2, -0.15) is 0 Å². The van der Waals surface area contributed by atoms with Crippen molar-refractivity contribution in [2.45, 2.75) is 12.8 Å². The summed E-state index contributed by atoms with van der Waals surface area (Å²) < 4.78 is 1.35. The molecule has 0 bridgehead atoms. The summed E-state index contributed by atoms with van der Waals surface area (Å²) in [5, 5.41) is 11.6. The fourth-order valence-electron chi connectivity index (χ4n) is 1.77. The first-order chi connectivity index (χ1) is 8.09. The maximum absolute atomic E-state index is 11.8. The predicted octanol–water partition coefficient (Wildman–Crippen LogP) is 0.726. The topological polar surface area (TPSA) is 90.9 Å². The van der Waals surface area contributed by atoms with Crippen molar-refractivity contribution in [2.24, 2.45) is 7.05 Å². The molecule has 0 aliphatic carbocycles. The minimum absolute atomic E-state index is 0.0548. The Bertz CT molecular complexity index is 578. The average Bonchev–Trinajstić information content (AvgIpc) is 2.87. The first-order valence-corrected chi connectivity index (χ1v) is 5.23. The Morgan fingerprint density at radius 2 is 2.29 bits per heavy atom. The van der Waals surface area contributed by atoms with Gasteiger partial charge in [0.2, 0.25) is 0 Å². The van der Waals surface area contributed by atoms with Gasteiger partial charge < -0.3 is 10.1 Å². The molecule has 2 aromatic heterocycles. The molecule has 6 nitrogen and oxygen atoms in total. The zero-order chi connectivity index (χ0) is 12.4. The number of nitrogens with one attached hydrogen (secondary N) is 2. The van der Waals surface area contributed by atoms with Crippen LogP contribution >= 0.6 is 0 Å². The number of carbonyl (C=O) groups is 1. The van der Waals surface area contributed by atoms with E-state index in [2.05, 4.69) is 10.1 Å². The summed E-state index contributed by atoms with van der Waals surface area (Å²) >= 11 is 0. The molecule has 0 fully saturated rings. The van der Waals surface area contributed by atoms with Crippen molar-refractivity contribution in [2.75, 3.05) is 0 Å². The molecule has 0 aromatic carbocycles. The maximum atomic E-state index is 11.8. The third kappa shape index (κ3) is 2.15. The summed E-state index contributed by atoms with van der Waals surface area (Å²) in [5.74, 6) is -0.911. The molecule has 2 aromatic rings. The van der Waals surface area contributed by atoms with Gasteiger partial charge in [-0.1, -0.05) is 0 Å². The largest absolute Gasteiger partial charge is 0.481 e. The number of hydrogen-bond donors (Lipinski definition) is 3. The molecular formula is C11H13N3O3. The van der Waals surface area contributed by atoms with Crippen LogP contribution in [0.15, 0.2) is 23.1 Å². The molecule has 0 atom stereocenters. The van der Waals surface area contributed by atoms with E-state index in [0.717, 1.165) is 5.69 Å². The Hall–Kier alpha value is -2.24. The first kappa shape index (κ1) is 11.3. The summed E-state index contributed by atoms with van der Waals surface area (Å²) in [4.78, 5) is 25.4. The van der Waals surface area contributed by atoms with Gasteiger partial charge in [0.1, 0.15) is 0 Å². The van der Waals surface area contributed by atoms with E-state index in [-0.39, 0.29) is 18.4 Å². The number of nitrogens with zero attached hydrogens (tertiary/aromatic N) is 1. The lowest BCUT2D eigenvalue weighted by Crippen LogP contribution is -2.16. The van der Waals surface area contributed by atoms with Crippen LogP contribution in [0.3, 0.4) is 0 Å². The minimum atomic E-state index is -0.911. The molecule has 6 heteroatoms. The van der Waals surface area contributed by atoms with E-state index in [9.17, 15) is 9.59 Å². The molecule has 3 N–H and O–H groups in total. The number of aliphatic carboxylic acids is 1. The van der Waals surface area contributed by atoms with E-state index < -0.39 is 5.97 Å². The Morgan fingerprint density at radius 1 is 1.53 bits per heavy atom. The first-order valence-electron chi connectivity index (χ1n) is 5.23. The van der Waals surface area contributed by atoms with Gasteiger partial charge in [0.25, 0.3) is 5.56 Å². The van der Waals surface area contributed by atoms with E-state index in [1.54, 1.807) is 13.2 Å². The van der Waals surface area contributed by atoms with Gasteiger partial charge in [-0.3, -0.25) is 19.4 Å². The van der Waals surface area contributed by atoms with E-state index in [4.69, 9.17) is 5.11 Å². The van der Waals surface area contributed by atoms with Gasteiger partial charge in [-0.15, -0.1) is 0 Å².